The van der Waals surface area contributed by atoms with Gasteiger partial charge in [-0.3, -0.25) is 9.48 Å². The first-order valence-corrected chi connectivity index (χ1v) is 9.91. The van der Waals surface area contributed by atoms with Crippen molar-refractivity contribution in [1.29, 1.82) is 0 Å². The fourth-order valence-electron chi connectivity index (χ4n) is 3.52. The lowest BCUT2D eigenvalue weighted by Crippen LogP contribution is -2.45. The fourth-order valence-corrected chi connectivity index (χ4v) is 3.52. The minimum atomic E-state index is -0.594. The smallest absolute Gasteiger partial charge is 0.410 e. The van der Waals surface area contributed by atoms with Crippen molar-refractivity contribution in [2.45, 2.75) is 25.5 Å². The van der Waals surface area contributed by atoms with Crippen molar-refractivity contribution in [2.75, 3.05) is 31.6 Å². The number of ether oxygens (including phenoxy) is 2. The van der Waals surface area contributed by atoms with Crippen molar-refractivity contribution in [3.63, 3.8) is 0 Å². The monoisotopic (exact) mass is 417 g/mol. The van der Waals surface area contributed by atoms with E-state index in [4.69, 9.17) is 15.2 Å². The summed E-state index contributed by atoms with van der Waals surface area (Å²) >= 11 is 0. The second-order valence-corrected chi connectivity index (χ2v) is 7.58. The summed E-state index contributed by atoms with van der Waals surface area (Å²) in [6, 6.07) is 5.76. The molecule has 2 amide bonds. The average Bonchev–Trinajstić information content (AvgIpc) is 3.09. The predicted molar refractivity (Wildman–Crippen MR) is 106 cm³/mol. The topological polar surface area (TPSA) is 112 Å². The first kappa shape index (κ1) is 20.1. The second kappa shape index (κ2) is 8.70. The van der Waals surface area contributed by atoms with Crippen molar-refractivity contribution >= 4 is 23.5 Å². The van der Waals surface area contributed by atoms with E-state index in [2.05, 4.69) is 10.4 Å². The lowest BCUT2D eigenvalue weighted by molar-refractivity contribution is -0.105. The number of likely N-dealkylation sites (tertiary alicyclic amines) is 1. The molecule has 0 bridgehead atoms. The van der Waals surface area contributed by atoms with Gasteiger partial charge in [-0.15, -0.1) is 0 Å². The molecule has 160 valence electrons. The largest absolute Gasteiger partial charge is 0.441 e. The van der Waals surface area contributed by atoms with Gasteiger partial charge in [-0.25, -0.2) is 9.18 Å². The van der Waals surface area contributed by atoms with Crippen LogP contribution in [0.3, 0.4) is 0 Å². The minimum absolute atomic E-state index is 0.126. The Morgan fingerprint density at radius 3 is 2.53 bits per heavy atom. The van der Waals surface area contributed by atoms with E-state index < -0.39 is 5.91 Å². The van der Waals surface area contributed by atoms with Gasteiger partial charge in [0.1, 0.15) is 11.4 Å². The van der Waals surface area contributed by atoms with Gasteiger partial charge in [-0.05, 0) is 43.0 Å². The number of aromatic nitrogens is 2. The Balaban J connectivity index is 1.34. The van der Waals surface area contributed by atoms with Crippen LogP contribution in [0.15, 0.2) is 30.5 Å². The standard InChI is InChI=1S/C20H24FN5O4/c21-14-1-3-15(4-2-14)23-19-17(18(22)27)10-26(24-19)9-13-5-7-25(8-6-13)20(28)30-16-11-29-12-16/h1-4,10,13,16H,5-9,11-12H2,(H2,22,27)(H,23,24). The Labute approximate surface area is 172 Å². The molecule has 3 heterocycles. The van der Waals surface area contributed by atoms with Gasteiger partial charge in [0.05, 0.1) is 13.2 Å². The molecule has 2 fully saturated rings. The molecule has 1 aromatic heterocycles. The van der Waals surface area contributed by atoms with Crippen LogP contribution >= 0.6 is 0 Å². The Morgan fingerprint density at radius 2 is 1.93 bits per heavy atom. The van der Waals surface area contributed by atoms with E-state index in [0.29, 0.717) is 50.3 Å². The number of hydrogen-bond donors (Lipinski definition) is 2. The van der Waals surface area contributed by atoms with E-state index in [1.54, 1.807) is 27.9 Å². The van der Waals surface area contributed by atoms with Crippen molar-refractivity contribution in [3.8, 4) is 0 Å². The summed E-state index contributed by atoms with van der Waals surface area (Å²) < 4.78 is 25.2. The maximum atomic E-state index is 13.1. The third-order valence-corrected chi connectivity index (χ3v) is 5.33. The molecule has 0 atom stereocenters. The van der Waals surface area contributed by atoms with Crippen LogP contribution in [-0.4, -0.2) is 59.1 Å². The number of carbonyl (C=O) groups is 2. The number of nitrogens with zero attached hydrogens (tertiary/aromatic N) is 3. The van der Waals surface area contributed by atoms with E-state index >= 15 is 0 Å². The number of primary amides is 1. The minimum Gasteiger partial charge on any atom is -0.441 e. The van der Waals surface area contributed by atoms with Gasteiger partial charge in [0.2, 0.25) is 0 Å². The number of rotatable bonds is 6. The van der Waals surface area contributed by atoms with Crippen LogP contribution in [0.1, 0.15) is 23.2 Å². The quantitative estimate of drug-likeness (QED) is 0.745. The summed E-state index contributed by atoms with van der Waals surface area (Å²) in [7, 11) is 0. The molecule has 0 radical (unpaired) electrons. The number of hydrogen-bond acceptors (Lipinski definition) is 6. The van der Waals surface area contributed by atoms with E-state index in [-0.39, 0.29) is 23.6 Å². The molecular formula is C20H24FN5O4. The van der Waals surface area contributed by atoms with Gasteiger partial charge < -0.3 is 25.4 Å². The summed E-state index contributed by atoms with van der Waals surface area (Å²) in [6.07, 6.45) is 2.82. The molecule has 0 spiro atoms. The van der Waals surface area contributed by atoms with Gasteiger partial charge >= 0.3 is 6.09 Å². The number of nitrogens with two attached hydrogens (primary N) is 1. The van der Waals surface area contributed by atoms with E-state index in [9.17, 15) is 14.0 Å². The lowest BCUT2D eigenvalue weighted by atomic mass is 9.97. The SMILES string of the molecule is NC(=O)c1cn(CC2CCN(C(=O)OC3COC3)CC2)nc1Nc1ccc(F)cc1. The summed E-state index contributed by atoms with van der Waals surface area (Å²) in [5.74, 6) is -0.306. The summed E-state index contributed by atoms with van der Waals surface area (Å²) in [6.45, 7) is 2.77. The maximum Gasteiger partial charge on any atom is 0.410 e. The molecule has 2 aliphatic rings. The third kappa shape index (κ3) is 4.70. The molecule has 1 aromatic carbocycles. The molecule has 0 unspecified atom stereocenters. The molecular weight excluding hydrogens is 393 g/mol. The van der Waals surface area contributed by atoms with E-state index in [1.807, 2.05) is 0 Å². The molecule has 30 heavy (non-hydrogen) atoms. The number of anilines is 2. The summed E-state index contributed by atoms with van der Waals surface area (Å²) in [4.78, 5) is 25.7. The van der Waals surface area contributed by atoms with Crippen LogP contribution in [0.5, 0.6) is 0 Å². The van der Waals surface area contributed by atoms with Crippen LogP contribution in [-0.2, 0) is 16.0 Å². The number of nitrogens with one attached hydrogen (secondary N) is 1. The highest BCUT2D eigenvalue weighted by molar-refractivity contribution is 5.98. The highest BCUT2D eigenvalue weighted by Gasteiger charge is 2.29. The normalized spacial score (nSPS) is 17.4. The zero-order chi connectivity index (χ0) is 21.1. The van der Waals surface area contributed by atoms with Crippen LogP contribution in [0.2, 0.25) is 0 Å². The Kier molecular flexibility index (Phi) is 5.84. The third-order valence-electron chi connectivity index (χ3n) is 5.33. The van der Waals surface area contributed by atoms with Crippen LogP contribution in [0, 0.1) is 11.7 Å². The first-order chi connectivity index (χ1) is 14.5. The fraction of sp³-hybridized carbons (Fsp3) is 0.450. The summed E-state index contributed by atoms with van der Waals surface area (Å²) in [5.41, 5.74) is 6.36. The molecule has 2 aromatic rings. The number of amides is 2. The molecule has 2 saturated heterocycles. The lowest BCUT2D eigenvalue weighted by Gasteiger charge is -2.34. The number of carbonyl (C=O) groups excluding carboxylic acids is 2. The van der Waals surface area contributed by atoms with Crippen molar-refractivity contribution in [3.05, 3.63) is 41.8 Å². The predicted octanol–water partition coefficient (Wildman–Crippen LogP) is 2.11. The zero-order valence-corrected chi connectivity index (χ0v) is 16.4. The van der Waals surface area contributed by atoms with Gasteiger partial charge in [-0.1, -0.05) is 0 Å². The average molecular weight is 417 g/mol. The van der Waals surface area contributed by atoms with Gasteiger partial charge in [0, 0.05) is 31.5 Å². The molecule has 9 nitrogen and oxygen atoms in total. The Hall–Kier alpha value is -3.14. The molecule has 3 N–H and O–H groups in total. The number of halogens is 1. The van der Waals surface area contributed by atoms with Gasteiger partial charge in [0.15, 0.2) is 11.9 Å². The maximum absolute atomic E-state index is 13.1. The van der Waals surface area contributed by atoms with Crippen LogP contribution < -0.4 is 11.1 Å². The molecule has 0 aliphatic carbocycles. The Morgan fingerprint density at radius 1 is 1.23 bits per heavy atom. The number of benzene rings is 1. The first-order valence-electron chi connectivity index (χ1n) is 9.91. The zero-order valence-electron chi connectivity index (χ0n) is 16.4. The molecule has 2 aliphatic heterocycles. The second-order valence-electron chi connectivity index (χ2n) is 7.58. The number of piperidine rings is 1. The van der Waals surface area contributed by atoms with Gasteiger partial charge in [0.25, 0.3) is 5.91 Å². The van der Waals surface area contributed by atoms with E-state index in [0.717, 1.165) is 12.8 Å². The van der Waals surface area contributed by atoms with Crippen LogP contribution in [0.4, 0.5) is 20.7 Å². The van der Waals surface area contributed by atoms with E-state index in [1.165, 1.54) is 12.1 Å². The van der Waals surface area contributed by atoms with Crippen molar-refractivity contribution < 1.29 is 23.5 Å². The highest BCUT2D eigenvalue weighted by atomic mass is 19.1. The molecule has 4 rings (SSSR count). The van der Waals surface area contributed by atoms with Crippen molar-refractivity contribution in [2.24, 2.45) is 11.7 Å². The highest BCUT2D eigenvalue weighted by Crippen LogP contribution is 2.23. The molecule has 0 saturated carbocycles. The van der Waals surface area contributed by atoms with Crippen LogP contribution in [0.25, 0.3) is 0 Å². The summed E-state index contributed by atoms with van der Waals surface area (Å²) in [5, 5.41) is 7.46. The van der Waals surface area contributed by atoms with Gasteiger partial charge in [-0.2, -0.15) is 5.10 Å². The molecule has 10 heteroatoms. The van der Waals surface area contributed by atoms with Crippen molar-refractivity contribution in [1.82, 2.24) is 14.7 Å². The Bertz CT molecular complexity index is 904.